The summed E-state index contributed by atoms with van der Waals surface area (Å²) >= 11 is 7.46. The monoisotopic (exact) mass is 262 g/mol. The fraction of sp³-hybridized carbons (Fsp3) is 0.909. The van der Waals surface area contributed by atoms with Crippen molar-refractivity contribution >= 4 is 29.1 Å². The van der Waals surface area contributed by atoms with Crippen LogP contribution in [0, 0.1) is 0 Å². The number of thioether (sulfide) groups is 1. The number of hydrogen-bond donors (Lipinski definition) is 1. The Labute approximate surface area is 108 Å². The fourth-order valence-corrected chi connectivity index (χ4v) is 3.61. The van der Waals surface area contributed by atoms with Crippen LogP contribution < -0.4 is 5.32 Å². The molecule has 1 aliphatic heterocycles. The maximum absolute atomic E-state index is 5.42. The van der Waals surface area contributed by atoms with Crippen molar-refractivity contribution in [1.29, 1.82) is 0 Å². The van der Waals surface area contributed by atoms with Gasteiger partial charge < -0.3 is 15.0 Å². The van der Waals surface area contributed by atoms with E-state index >= 15 is 0 Å². The standard InChI is InChI=1S/C11H22N2OS2/c1-8(7-14-4)12-11(15)13-5-9(2)16-10(3)6-13/h8-10H,5-7H2,1-4H3,(H,12,15). The molecule has 1 fully saturated rings. The van der Waals surface area contributed by atoms with Gasteiger partial charge in [-0.05, 0) is 19.1 Å². The Morgan fingerprint density at radius 3 is 2.56 bits per heavy atom. The molecule has 3 unspecified atom stereocenters. The lowest BCUT2D eigenvalue weighted by molar-refractivity contribution is 0.178. The predicted octanol–water partition coefficient (Wildman–Crippen LogP) is 1.72. The molecule has 94 valence electrons. The van der Waals surface area contributed by atoms with Crippen LogP contribution in [0.5, 0.6) is 0 Å². The number of hydrogen-bond acceptors (Lipinski definition) is 3. The van der Waals surface area contributed by atoms with Crippen molar-refractivity contribution in [3.8, 4) is 0 Å². The number of rotatable bonds is 3. The van der Waals surface area contributed by atoms with Crippen molar-refractivity contribution in [2.75, 3.05) is 26.8 Å². The SMILES string of the molecule is COCC(C)NC(=S)N1CC(C)SC(C)C1. The fourth-order valence-electron chi connectivity index (χ4n) is 1.94. The Hall–Kier alpha value is 0. The topological polar surface area (TPSA) is 24.5 Å². The van der Waals surface area contributed by atoms with Crippen molar-refractivity contribution < 1.29 is 4.74 Å². The number of nitrogens with zero attached hydrogens (tertiary/aromatic N) is 1. The van der Waals surface area contributed by atoms with Crippen molar-refractivity contribution in [3.63, 3.8) is 0 Å². The van der Waals surface area contributed by atoms with Gasteiger partial charge in [-0.2, -0.15) is 11.8 Å². The van der Waals surface area contributed by atoms with E-state index in [0.717, 1.165) is 18.2 Å². The first kappa shape index (κ1) is 14.1. The van der Waals surface area contributed by atoms with Gasteiger partial charge in [-0.1, -0.05) is 13.8 Å². The molecule has 0 aromatic carbocycles. The summed E-state index contributed by atoms with van der Waals surface area (Å²) in [5.74, 6) is 0. The zero-order valence-electron chi connectivity index (χ0n) is 10.5. The second-order valence-electron chi connectivity index (χ2n) is 4.47. The maximum Gasteiger partial charge on any atom is 0.169 e. The van der Waals surface area contributed by atoms with Gasteiger partial charge in [-0.3, -0.25) is 0 Å². The van der Waals surface area contributed by atoms with E-state index in [0.29, 0.717) is 17.1 Å². The minimum absolute atomic E-state index is 0.276. The third-order valence-corrected chi connectivity index (χ3v) is 4.10. The Morgan fingerprint density at radius 2 is 2.06 bits per heavy atom. The summed E-state index contributed by atoms with van der Waals surface area (Å²) in [5.41, 5.74) is 0. The Morgan fingerprint density at radius 1 is 1.50 bits per heavy atom. The van der Waals surface area contributed by atoms with Gasteiger partial charge in [0, 0.05) is 36.7 Å². The van der Waals surface area contributed by atoms with Gasteiger partial charge >= 0.3 is 0 Å². The first-order valence-corrected chi connectivity index (χ1v) is 7.08. The molecule has 0 radical (unpaired) electrons. The highest BCUT2D eigenvalue weighted by molar-refractivity contribution is 8.00. The maximum atomic E-state index is 5.42. The highest BCUT2D eigenvalue weighted by Crippen LogP contribution is 2.24. The first-order chi connectivity index (χ1) is 7.52. The zero-order valence-corrected chi connectivity index (χ0v) is 12.2. The summed E-state index contributed by atoms with van der Waals surface area (Å²) in [6, 6.07) is 0.276. The van der Waals surface area contributed by atoms with Crippen LogP contribution in [0.3, 0.4) is 0 Å². The van der Waals surface area contributed by atoms with E-state index in [9.17, 15) is 0 Å². The molecular weight excluding hydrogens is 240 g/mol. The van der Waals surface area contributed by atoms with Gasteiger partial charge in [0.05, 0.1) is 6.61 Å². The lowest BCUT2D eigenvalue weighted by Gasteiger charge is -2.37. The molecule has 1 aliphatic rings. The predicted molar refractivity (Wildman–Crippen MR) is 75.2 cm³/mol. The van der Waals surface area contributed by atoms with E-state index in [4.69, 9.17) is 17.0 Å². The molecule has 0 aromatic rings. The summed E-state index contributed by atoms with van der Waals surface area (Å²) in [6.45, 7) is 9.37. The molecule has 1 N–H and O–H groups in total. The van der Waals surface area contributed by atoms with E-state index in [1.165, 1.54) is 0 Å². The second kappa shape index (κ2) is 6.67. The molecule has 0 bridgehead atoms. The molecule has 1 heterocycles. The van der Waals surface area contributed by atoms with Crippen LogP contribution in [-0.4, -0.2) is 53.4 Å². The Balaban J connectivity index is 2.40. The summed E-state index contributed by atoms with van der Waals surface area (Å²) in [4.78, 5) is 2.27. The highest BCUT2D eigenvalue weighted by atomic mass is 32.2. The number of nitrogens with one attached hydrogen (secondary N) is 1. The minimum atomic E-state index is 0.276. The van der Waals surface area contributed by atoms with Crippen LogP contribution >= 0.6 is 24.0 Å². The molecule has 0 aliphatic carbocycles. The smallest absolute Gasteiger partial charge is 0.169 e. The van der Waals surface area contributed by atoms with Crippen molar-refractivity contribution in [2.24, 2.45) is 0 Å². The Kier molecular flexibility index (Phi) is 5.86. The molecule has 1 rings (SSSR count). The van der Waals surface area contributed by atoms with Gasteiger partial charge in [-0.15, -0.1) is 0 Å². The van der Waals surface area contributed by atoms with Crippen LogP contribution in [-0.2, 0) is 4.74 Å². The molecule has 0 aromatic heterocycles. The zero-order chi connectivity index (χ0) is 12.1. The summed E-state index contributed by atoms with van der Waals surface area (Å²) in [6.07, 6.45) is 0. The third kappa shape index (κ3) is 4.47. The second-order valence-corrected chi connectivity index (χ2v) is 6.74. The van der Waals surface area contributed by atoms with E-state index < -0.39 is 0 Å². The molecule has 16 heavy (non-hydrogen) atoms. The van der Waals surface area contributed by atoms with Gasteiger partial charge in [0.1, 0.15) is 0 Å². The van der Waals surface area contributed by atoms with Gasteiger partial charge in [0.15, 0.2) is 5.11 Å². The van der Waals surface area contributed by atoms with E-state index in [-0.39, 0.29) is 6.04 Å². The van der Waals surface area contributed by atoms with Gasteiger partial charge in [0.2, 0.25) is 0 Å². The van der Waals surface area contributed by atoms with Crippen LogP contribution in [0.15, 0.2) is 0 Å². The molecule has 0 spiro atoms. The van der Waals surface area contributed by atoms with Crippen molar-refractivity contribution in [3.05, 3.63) is 0 Å². The molecule has 5 heteroatoms. The summed E-state index contributed by atoms with van der Waals surface area (Å²) < 4.78 is 5.09. The van der Waals surface area contributed by atoms with E-state index in [2.05, 4.69) is 31.0 Å². The molecule has 3 atom stereocenters. The third-order valence-electron chi connectivity index (χ3n) is 2.49. The van der Waals surface area contributed by atoms with Crippen LogP contribution in [0.1, 0.15) is 20.8 Å². The first-order valence-electron chi connectivity index (χ1n) is 5.72. The average molecular weight is 262 g/mol. The largest absolute Gasteiger partial charge is 0.383 e. The van der Waals surface area contributed by atoms with Gasteiger partial charge in [0.25, 0.3) is 0 Å². The van der Waals surface area contributed by atoms with E-state index in [1.807, 2.05) is 11.8 Å². The Bertz CT molecular complexity index is 228. The average Bonchev–Trinajstić information content (AvgIpc) is 2.16. The lowest BCUT2D eigenvalue weighted by Crippen LogP contribution is -2.51. The highest BCUT2D eigenvalue weighted by Gasteiger charge is 2.24. The molecule has 3 nitrogen and oxygen atoms in total. The number of ether oxygens (including phenoxy) is 1. The van der Waals surface area contributed by atoms with Crippen LogP contribution in [0.25, 0.3) is 0 Å². The van der Waals surface area contributed by atoms with Crippen LogP contribution in [0.4, 0.5) is 0 Å². The van der Waals surface area contributed by atoms with Crippen molar-refractivity contribution in [2.45, 2.75) is 37.3 Å². The molecule has 0 saturated carbocycles. The van der Waals surface area contributed by atoms with Crippen LogP contribution in [0.2, 0.25) is 0 Å². The number of methoxy groups -OCH3 is 1. The normalized spacial score (nSPS) is 27.6. The molecule has 1 saturated heterocycles. The lowest BCUT2D eigenvalue weighted by atomic mass is 10.3. The molecular formula is C11H22N2OS2. The summed E-state index contributed by atoms with van der Waals surface area (Å²) in [5, 5.41) is 5.49. The van der Waals surface area contributed by atoms with Gasteiger partial charge in [-0.25, -0.2) is 0 Å². The quantitative estimate of drug-likeness (QED) is 0.781. The van der Waals surface area contributed by atoms with E-state index in [1.54, 1.807) is 7.11 Å². The summed E-state index contributed by atoms with van der Waals surface area (Å²) in [7, 11) is 1.71. The van der Waals surface area contributed by atoms with Crippen molar-refractivity contribution in [1.82, 2.24) is 10.2 Å². The minimum Gasteiger partial charge on any atom is -0.383 e. The molecule has 0 amide bonds. The number of thiocarbonyl (C=S) groups is 1.